The molecule has 2 aliphatic rings. The number of carbonyl (C=O) groups is 1. The average Bonchev–Trinajstić information content (AvgIpc) is 3.42. The summed E-state index contributed by atoms with van der Waals surface area (Å²) in [6, 6.07) is 4.79. The maximum absolute atomic E-state index is 14.5. The van der Waals surface area contributed by atoms with Crippen molar-refractivity contribution in [2.24, 2.45) is 0 Å². The summed E-state index contributed by atoms with van der Waals surface area (Å²) in [6.07, 6.45) is 1.67. The number of likely N-dealkylation sites (tertiary alicyclic amines) is 1. The van der Waals surface area contributed by atoms with Crippen molar-refractivity contribution in [1.82, 2.24) is 19.9 Å². The Morgan fingerprint density at radius 2 is 1.89 bits per heavy atom. The van der Waals surface area contributed by atoms with Gasteiger partial charge in [0.2, 0.25) is 0 Å². The van der Waals surface area contributed by atoms with Crippen LogP contribution < -0.4 is 15.0 Å². The molecule has 2 aromatic heterocycles. The number of ether oxygens (including phenoxy) is 2. The number of pyridine rings is 1. The topological polar surface area (TPSA) is 92.7 Å². The number of carbonyl (C=O) groups excluding carboxylic acids is 1. The molecule has 3 aromatic rings. The molecule has 2 fully saturated rings. The van der Waals surface area contributed by atoms with E-state index in [-0.39, 0.29) is 29.7 Å². The first-order chi connectivity index (χ1) is 17.5. The van der Waals surface area contributed by atoms with Gasteiger partial charge in [-0.3, -0.25) is 0 Å². The van der Waals surface area contributed by atoms with Gasteiger partial charge in [-0.05, 0) is 39.3 Å². The molecule has 2 bridgehead atoms. The summed E-state index contributed by atoms with van der Waals surface area (Å²) in [4.78, 5) is 29.3. The minimum atomic E-state index is -3.29. The van der Waals surface area contributed by atoms with Gasteiger partial charge in [0.1, 0.15) is 23.3 Å². The van der Waals surface area contributed by atoms with Crippen LogP contribution in [0.15, 0.2) is 30.6 Å². The smallest absolute Gasteiger partial charge is 0.410 e. The van der Waals surface area contributed by atoms with Gasteiger partial charge in [-0.2, -0.15) is 8.78 Å². The van der Waals surface area contributed by atoms with Crippen molar-refractivity contribution in [2.75, 3.05) is 23.3 Å². The van der Waals surface area contributed by atoms with E-state index in [9.17, 15) is 22.4 Å². The lowest BCUT2D eigenvalue weighted by Gasteiger charge is -2.35. The van der Waals surface area contributed by atoms with Crippen LogP contribution in [0.4, 0.5) is 39.7 Å². The second kappa shape index (κ2) is 9.20. The molecule has 2 aliphatic heterocycles. The molecule has 2 atom stereocenters. The minimum absolute atomic E-state index is 0.0204. The highest BCUT2D eigenvalue weighted by atomic mass is 19.3. The molecule has 0 aliphatic carbocycles. The highest BCUT2D eigenvalue weighted by Crippen LogP contribution is 2.36. The van der Waals surface area contributed by atoms with E-state index >= 15 is 0 Å². The molecule has 1 aromatic carbocycles. The maximum atomic E-state index is 14.5. The van der Waals surface area contributed by atoms with Gasteiger partial charge in [0.25, 0.3) is 0 Å². The maximum Gasteiger partial charge on any atom is 0.410 e. The van der Waals surface area contributed by atoms with Crippen molar-refractivity contribution in [3.8, 4) is 5.75 Å². The second-order valence-corrected chi connectivity index (χ2v) is 9.85. The van der Waals surface area contributed by atoms with Crippen LogP contribution in [-0.4, -0.2) is 63.3 Å². The molecule has 2 saturated heterocycles. The molecule has 1 N–H and O–H groups in total. The van der Waals surface area contributed by atoms with Crippen LogP contribution in [0, 0.1) is 11.6 Å². The molecule has 9 nitrogen and oxygen atoms in total. The number of nitrogens with zero attached hydrogens (tertiary/aromatic N) is 5. The highest BCUT2D eigenvalue weighted by molar-refractivity contribution is 5.88. The van der Waals surface area contributed by atoms with Crippen LogP contribution in [0.3, 0.4) is 0 Å². The van der Waals surface area contributed by atoms with Crippen molar-refractivity contribution in [2.45, 2.75) is 51.5 Å². The van der Waals surface area contributed by atoms with E-state index in [0.29, 0.717) is 42.1 Å². The Labute approximate surface area is 209 Å². The fourth-order valence-electron chi connectivity index (χ4n) is 4.61. The third kappa shape index (κ3) is 5.02. The molecule has 5 rings (SSSR count). The Morgan fingerprint density at radius 3 is 2.57 bits per heavy atom. The number of piperazine rings is 1. The Kier molecular flexibility index (Phi) is 6.16. The van der Waals surface area contributed by atoms with E-state index in [0.717, 1.165) is 6.42 Å². The summed E-state index contributed by atoms with van der Waals surface area (Å²) in [5.74, 6) is -2.37. The number of aromatic nitrogens is 3. The molecule has 0 spiro atoms. The Bertz CT molecular complexity index is 1350. The van der Waals surface area contributed by atoms with Gasteiger partial charge in [0.15, 0.2) is 23.2 Å². The van der Waals surface area contributed by atoms with Gasteiger partial charge < -0.3 is 24.6 Å². The first-order valence-electron chi connectivity index (χ1n) is 11.6. The molecule has 0 saturated carbocycles. The molecule has 0 unspecified atom stereocenters. The van der Waals surface area contributed by atoms with E-state index in [1.54, 1.807) is 17.0 Å². The van der Waals surface area contributed by atoms with Crippen molar-refractivity contribution in [3.63, 3.8) is 0 Å². The SMILES string of the molecule is CC(C)(C)OC(=O)N1C[C@@H]2C[C@H]1CN2c1ccc2ncnc(Nc3cc(F)c(OC(F)F)cc3F)c2n1. The summed E-state index contributed by atoms with van der Waals surface area (Å²) in [7, 11) is 0. The van der Waals surface area contributed by atoms with Gasteiger partial charge >= 0.3 is 12.7 Å². The van der Waals surface area contributed by atoms with Crippen molar-refractivity contribution >= 4 is 34.4 Å². The van der Waals surface area contributed by atoms with Gasteiger partial charge in [-0.1, -0.05) is 0 Å². The standard InChI is InChI=1S/C24H24F4N6O3/c1-24(2,3)37-23(35)34-10-12-6-13(34)9-33(12)19-5-4-16-20(32-19)21(30-11-29-16)31-17-7-15(26)18(8-14(17)25)36-22(27)28/h4-5,7-8,11-13,22H,6,9-10H2,1-3H3,(H,29,30,31)/t12-,13-/m0/s1. The number of amides is 1. The normalized spacial score (nSPS) is 19.1. The predicted molar refractivity (Wildman–Crippen MR) is 126 cm³/mol. The first-order valence-corrected chi connectivity index (χ1v) is 11.6. The van der Waals surface area contributed by atoms with Gasteiger partial charge in [-0.15, -0.1) is 0 Å². The molecule has 37 heavy (non-hydrogen) atoms. The zero-order chi connectivity index (χ0) is 26.5. The van der Waals surface area contributed by atoms with E-state index in [1.807, 2.05) is 20.8 Å². The monoisotopic (exact) mass is 520 g/mol. The number of halogens is 4. The first kappa shape index (κ1) is 24.8. The average molecular weight is 520 g/mol. The quantitative estimate of drug-likeness (QED) is 0.478. The lowest BCUT2D eigenvalue weighted by atomic mass is 10.2. The molecular weight excluding hydrogens is 496 g/mol. The second-order valence-electron chi connectivity index (χ2n) is 9.85. The van der Waals surface area contributed by atoms with Crippen LogP contribution >= 0.6 is 0 Å². The largest absolute Gasteiger partial charge is 0.444 e. The summed E-state index contributed by atoms with van der Waals surface area (Å²) < 4.78 is 63.1. The zero-order valence-corrected chi connectivity index (χ0v) is 20.2. The van der Waals surface area contributed by atoms with E-state index in [4.69, 9.17) is 4.74 Å². The number of anilines is 3. The van der Waals surface area contributed by atoms with Gasteiger partial charge in [0, 0.05) is 25.2 Å². The Hall–Kier alpha value is -3.90. The van der Waals surface area contributed by atoms with E-state index < -0.39 is 29.6 Å². The summed E-state index contributed by atoms with van der Waals surface area (Å²) in [5, 5.41) is 2.67. The van der Waals surface area contributed by atoms with Crippen LogP contribution in [0.5, 0.6) is 5.75 Å². The minimum Gasteiger partial charge on any atom is -0.444 e. The molecule has 13 heteroatoms. The summed E-state index contributed by atoms with van der Waals surface area (Å²) in [5.41, 5.74) is -0.154. The summed E-state index contributed by atoms with van der Waals surface area (Å²) in [6.45, 7) is 3.23. The zero-order valence-electron chi connectivity index (χ0n) is 20.2. The number of alkyl halides is 2. The van der Waals surface area contributed by atoms with Crippen LogP contribution in [0.2, 0.25) is 0 Å². The van der Waals surface area contributed by atoms with E-state index in [2.05, 4.69) is 29.9 Å². The van der Waals surface area contributed by atoms with Crippen molar-refractivity contribution < 1.29 is 31.8 Å². The van der Waals surface area contributed by atoms with Crippen LogP contribution in [0.25, 0.3) is 11.0 Å². The molecule has 1 amide bonds. The van der Waals surface area contributed by atoms with E-state index in [1.165, 1.54) is 6.33 Å². The summed E-state index contributed by atoms with van der Waals surface area (Å²) >= 11 is 0. The lowest BCUT2D eigenvalue weighted by Crippen LogP contribution is -2.50. The van der Waals surface area contributed by atoms with Crippen molar-refractivity contribution in [1.29, 1.82) is 0 Å². The van der Waals surface area contributed by atoms with Crippen LogP contribution in [-0.2, 0) is 4.74 Å². The third-order valence-electron chi connectivity index (χ3n) is 6.12. The highest BCUT2D eigenvalue weighted by Gasteiger charge is 2.47. The molecule has 0 radical (unpaired) electrons. The lowest BCUT2D eigenvalue weighted by molar-refractivity contribution is -0.0523. The number of hydrogen-bond acceptors (Lipinski definition) is 8. The predicted octanol–water partition coefficient (Wildman–Crippen LogP) is 4.85. The van der Waals surface area contributed by atoms with Crippen molar-refractivity contribution in [3.05, 3.63) is 42.2 Å². The van der Waals surface area contributed by atoms with Gasteiger partial charge in [-0.25, -0.2) is 28.5 Å². The number of fused-ring (bicyclic) bond motifs is 3. The molecular formula is C24H24F4N6O3. The molecule has 196 valence electrons. The fourth-order valence-corrected chi connectivity index (χ4v) is 4.61. The van der Waals surface area contributed by atoms with Crippen LogP contribution in [0.1, 0.15) is 27.2 Å². The Morgan fingerprint density at radius 1 is 1.11 bits per heavy atom. The third-order valence-corrected chi connectivity index (χ3v) is 6.12. The number of nitrogens with one attached hydrogen (secondary N) is 1. The number of rotatable bonds is 5. The fraction of sp³-hybridized carbons (Fsp3) is 0.417. The van der Waals surface area contributed by atoms with Gasteiger partial charge in [0.05, 0.1) is 23.3 Å². The Balaban J connectivity index is 1.38. The molecule has 4 heterocycles. The number of hydrogen-bond donors (Lipinski definition) is 1. The number of benzene rings is 1.